The summed E-state index contributed by atoms with van der Waals surface area (Å²) in [6, 6.07) is 11.8. The van der Waals surface area contributed by atoms with Crippen LogP contribution in [0.1, 0.15) is 28.3 Å². The topological polar surface area (TPSA) is 79.5 Å². The summed E-state index contributed by atoms with van der Waals surface area (Å²) in [6.07, 6.45) is 1.88. The molecule has 1 fully saturated rings. The summed E-state index contributed by atoms with van der Waals surface area (Å²) in [5.74, 6) is -0.401. The molecule has 0 aliphatic heterocycles. The molecule has 25 heavy (non-hydrogen) atoms. The summed E-state index contributed by atoms with van der Waals surface area (Å²) in [5.41, 5.74) is -0.959. The lowest BCUT2D eigenvalue weighted by molar-refractivity contribution is 0.0166. The molecule has 1 aromatic carbocycles. The highest BCUT2D eigenvalue weighted by Crippen LogP contribution is 2.46. The fourth-order valence-electron chi connectivity index (χ4n) is 3.04. The summed E-state index contributed by atoms with van der Waals surface area (Å²) in [4.78, 5) is 25.4. The molecule has 2 heterocycles. The van der Waals surface area contributed by atoms with Crippen LogP contribution in [0, 0.1) is 5.92 Å². The number of amides is 1. The molecule has 1 aliphatic carbocycles. The zero-order valence-corrected chi connectivity index (χ0v) is 14.2. The van der Waals surface area contributed by atoms with Gasteiger partial charge in [0.15, 0.2) is 11.2 Å². The first-order valence-corrected chi connectivity index (χ1v) is 9.03. The quantitative estimate of drug-likeness (QED) is 0.737. The average Bonchev–Trinajstić information content (AvgIpc) is 3.34. The number of nitrogens with one attached hydrogen (secondary N) is 1. The molecular formula is C19H17NO4S. The zero-order chi connectivity index (χ0) is 17.4. The minimum Gasteiger partial charge on any atom is -0.451 e. The van der Waals surface area contributed by atoms with Gasteiger partial charge in [0.1, 0.15) is 11.2 Å². The molecule has 1 aliphatic rings. The van der Waals surface area contributed by atoms with Crippen LogP contribution >= 0.6 is 11.3 Å². The largest absolute Gasteiger partial charge is 0.451 e. The smallest absolute Gasteiger partial charge is 0.287 e. The third-order valence-electron chi connectivity index (χ3n) is 4.58. The lowest BCUT2D eigenvalue weighted by Gasteiger charge is -2.27. The molecular weight excluding hydrogens is 338 g/mol. The van der Waals surface area contributed by atoms with Crippen molar-refractivity contribution in [2.45, 2.75) is 18.4 Å². The summed E-state index contributed by atoms with van der Waals surface area (Å²) < 4.78 is 5.55. The van der Waals surface area contributed by atoms with Crippen LogP contribution in [0.5, 0.6) is 0 Å². The molecule has 128 valence electrons. The predicted octanol–water partition coefficient (Wildman–Crippen LogP) is 2.88. The molecule has 2 aromatic heterocycles. The van der Waals surface area contributed by atoms with Gasteiger partial charge in [0.05, 0.1) is 11.9 Å². The molecule has 0 bridgehead atoms. The number of thiophene rings is 1. The number of aliphatic hydroxyl groups is 1. The van der Waals surface area contributed by atoms with E-state index < -0.39 is 11.5 Å². The van der Waals surface area contributed by atoms with Crippen molar-refractivity contribution >= 4 is 28.2 Å². The number of benzene rings is 1. The number of hydrogen-bond acceptors (Lipinski definition) is 5. The second-order valence-electron chi connectivity index (χ2n) is 6.33. The highest BCUT2D eigenvalue weighted by Gasteiger charge is 2.46. The minimum atomic E-state index is -1.07. The molecule has 3 aromatic rings. The van der Waals surface area contributed by atoms with Gasteiger partial charge < -0.3 is 14.8 Å². The molecule has 6 heteroatoms. The molecule has 1 saturated carbocycles. The molecule has 0 saturated heterocycles. The second-order valence-corrected chi connectivity index (χ2v) is 7.28. The monoisotopic (exact) mass is 355 g/mol. The Hall–Kier alpha value is -2.44. The first-order valence-electron chi connectivity index (χ1n) is 8.15. The lowest BCUT2D eigenvalue weighted by Crippen LogP contribution is -2.42. The Balaban J connectivity index is 1.57. The molecule has 0 radical (unpaired) electrons. The Morgan fingerprint density at radius 2 is 2.08 bits per heavy atom. The number of hydrogen-bond donors (Lipinski definition) is 2. The van der Waals surface area contributed by atoms with Crippen molar-refractivity contribution in [2.24, 2.45) is 5.92 Å². The zero-order valence-electron chi connectivity index (χ0n) is 13.4. The van der Waals surface area contributed by atoms with Crippen LogP contribution in [0.3, 0.4) is 0 Å². The van der Waals surface area contributed by atoms with Crippen molar-refractivity contribution in [2.75, 3.05) is 6.54 Å². The van der Waals surface area contributed by atoms with E-state index in [4.69, 9.17) is 4.42 Å². The van der Waals surface area contributed by atoms with Crippen molar-refractivity contribution in [3.63, 3.8) is 0 Å². The van der Waals surface area contributed by atoms with Gasteiger partial charge in [-0.1, -0.05) is 18.2 Å². The van der Waals surface area contributed by atoms with E-state index in [0.717, 1.165) is 17.7 Å². The normalized spacial score (nSPS) is 16.5. The molecule has 1 unspecified atom stereocenters. The molecule has 5 nitrogen and oxygen atoms in total. The van der Waals surface area contributed by atoms with E-state index >= 15 is 0 Å². The summed E-state index contributed by atoms with van der Waals surface area (Å²) in [5, 5.41) is 16.1. The molecule has 1 atom stereocenters. The third-order valence-corrected chi connectivity index (χ3v) is 5.61. The maximum absolute atomic E-state index is 12.4. The highest BCUT2D eigenvalue weighted by atomic mass is 32.1. The Labute approximate surface area is 147 Å². The van der Waals surface area contributed by atoms with Crippen molar-refractivity contribution in [1.82, 2.24) is 5.32 Å². The van der Waals surface area contributed by atoms with Crippen LogP contribution in [0.25, 0.3) is 11.0 Å². The Bertz CT molecular complexity index is 975. The Kier molecular flexibility index (Phi) is 3.94. The van der Waals surface area contributed by atoms with E-state index in [0.29, 0.717) is 11.0 Å². The number of carbonyl (C=O) groups is 1. The van der Waals surface area contributed by atoms with Gasteiger partial charge >= 0.3 is 0 Å². The molecule has 0 spiro atoms. The predicted molar refractivity (Wildman–Crippen MR) is 95.8 cm³/mol. The molecule has 4 rings (SSSR count). The molecule has 1 amide bonds. The van der Waals surface area contributed by atoms with Crippen LogP contribution in [0.4, 0.5) is 0 Å². The van der Waals surface area contributed by atoms with Crippen LogP contribution in [-0.2, 0) is 5.60 Å². The van der Waals surface area contributed by atoms with Crippen molar-refractivity contribution in [3.05, 3.63) is 68.7 Å². The SMILES string of the molecule is O=C(NCC(O)(c1cccs1)C1CC1)c1cc(=O)c2ccccc2o1. The van der Waals surface area contributed by atoms with Gasteiger partial charge in [-0.15, -0.1) is 11.3 Å². The van der Waals surface area contributed by atoms with E-state index in [1.165, 1.54) is 17.4 Å². The van der Waals surface area contributed by atoms with E-state index in [-0.39, 0.29) is 23.7 Å². The van der Waals surface area contributed by atoms with E-state index in [9.17, 15) is 14.7 Å². The van der Waals surface area contributed by atoms with Crippen LogP contribution in [0.2, 0.25) is 0 Å². The number of carbonyl (C=O) groups excluding carboxylic acids is 1. The summed E-state index contributed by atoms with van der Waals surface area (Å²) in [6.45, 7) is 0.0908. The van der Waals surface area contributed by atoms with Crippen molar-refractivity contribution in [1.29, 1.82) is 0 Å². The highest BCUT2D eigenvalue weighted by molar-refractivity contribution is 7.10. The maximum atomic E-state index is 12.4. The Morgan fingerprint density at radius 3 is 2.80 bits per heavy atom. The van der Waals surface area contributed by atoms with Gasteiger partial charge in [-0.25, -0.2) is 0 Å². The van der Waals surface area contributed by atoms with Crippen molar-refractivity contribution in [3.8, 4) is 0 Å². The maximum Gasteiger partial charge on any atom is 0.287 e. The van der Waals surface area contributed by atoms with Gasteiger partial charge in [0, 0.05) is 10.9 Å². The van der Waals surface area contributed by atoms with Crippen LogP contribution < -0.4 is 10.7 Å². The van der Waals surface area contributed by atoms with Gasteiger partial charge in [-0.2, -0.15) is 0 Å². The van der Waals surface area contributed by atoms with Crippen LogP contribution in [0.15, 0.2) is 57.1 Å². The minimum absolute atomic E-state index is 0.0481. The molecule has 2 N–H and O–H groups in total. The van der Waals surface area contributed by atoms with Gasteiger partial charge in [0.25, 0.3) is 5.91 Å². The van der Waals surface area contributed by atoms with E-state index in [1.807, 2.05) is 17.5 Å². The second kappa shape index (κ2) is 6.13. The fourth-order valence-corrected chi connectivity index (χ4v) is 3.94. The average molecular weight is 355 g/mol. The van der Waals surface area contributed by atoms with Crippen molar-refractivity contribution < 1.29 is 14.3 Å². The van der Waals surface area contributed by atoms with Gasteiger partial charge in [0.2, 0.25) is 0 Å². The summed E-state index contributed by atoms with van der Waals surface area (Å²) >= 11 is 1.48. The van der Waals surface area contributed by atoms with E-state index in [1.54, 1.807) is 24.3 Å². The standard InChI is InChI=1S/C19H17NO4S/c21-14-10-16(24-15-5-2-1-4-13(14)15)18(22)20-11-19(23,12-7-8-12)17-6-3-9-25-17/h1-6,9-10,12,23H,7-8,11H2,(H,20,22). The number of rotatable bonds is 5. The fraction of sp³-hybridized carbons (Fsp3) is 0.263. The first kappa shape index (κ1) is 16.1. The van der Waals surface area contributed by atoms with Gasteiger partial charge in [-0.3, -0.25) is 9.59 Å². The number of para-hydroxylation sites is 1. The Morgan fingerprint density at radius 1 is 1.28 bits per heavy atom. The van der Waals surface area contributed by atoms with Crippen LogP contribution in [-0.4, -0.2) is 17.6 Å². The van der Waals surface area contributed by atoms with Gasteiger partial charge in [-0.05, 0) is 42.3 Å². The number of fused-ring (bicyclic) bond motifs is 1. The van der Waals surface area contributed by atoms with E-state index in [2.05, 4.69) is 5.32 Å². The summed E-state index contributed by atoms with van der Waals surface area (Å²) in [7, 11) is 0. The third kappa shape index (κ3) is 2.99. The lowest BCUT2D eigenvalue weighted by atomic mass is 9.95. The first-order chi connectivity index (χ1) is 12.1.